The first-order valence-electron chi connectivity index (χ1n) is 6.53. The molecule has 0 radical (unpaired) electrons. The van der Waals surface area contributed by atoms with Crippen LogP contribution < -0.4 is 5.32 Å². The first kappa shape index (κ1) is 14.7. The van der Waals surface area contributed by atoms with E-state index in [2.05, 4.69) is 21.2 Å². The van der Waals surface area contributed by atoms with Gasteiger partial charge in [0, 0.05) is 17.1 Å². The number of hydrogen-bond acceptors (Lipinski definition) is 3. The van der Waals surface area contributed by atoms with Gasteiger partial charge in [-0.2, -0.15) is 11.8 Å². The standard InChI is InChI=1S/C13H22BrNO2S/c1-12(17,8-18-2)7-15-11(16)13-4-3-9(6-13)5-10(13)14/h9-10,17H,3-8H2,1-2H3,(H,15,16)/t9-,10+,12+,13+/m0/s1. The fourth-order valence-electron chi connectivity index (χ4n) is 3.34. The van der Waals surface area contributed by atoms with Crippen molar-refractivity contribution in [1.82, 2.24) is 5.32 Å². The molecule has 0 aromatic rings. The molecule has 3 nitrogen and oxygen atoms in total. The average molecular weight is 336 g/mol. The molecule has 1 amide bonds. The van der Waals surface area contributed by atoms with Crippen LogP contribution in [0, 0.1) is 11.3 Å². The molecule has 18 heavy (non-hydrogen) atoms. The number of aliphatic hydroxyl groups is 1. The Morgan fingerprint density at radius 3 is 2.89 bits per heavy atom. The first-order valence-corrected chi connectivity index (χ1v) is 8.84. The second kappa shape index (κ2) is 5.33. The van der Waals surface area contributed by atoms with Crippen LogP contribution in [0.3, 0.4) is 0 Å². The number of fused-ring (bicyclic) bond motifs is 2. The van der Waals surface area contributed by atoms with Crippen LogP contribution in [0.25, 0.3) is 0 Å². The van der Waals surface area contributed by atoms with Gasteiger partial charge in [0.1, 0.15) is 0 Å². The van der Waals surface area contributed by atoms with Crippen molar-refractivity contribution in [3.8, 4) is 0 Å². The topological polar surface area (TPSA) is 49.3 Å². The molecule has 0 aliphatic heterocycles. The zero-order chi connectivity index (χ0) is 13.4. The van der Waals surface area contributed by atoms with Crippen LogP contribution in [-0.4, -0.2) is 40.0 Å². The summed E-state index contributed by atoms with van der Waals surface area (Å²) in [5.41, 5.74) is -1.02. The molecule has 2 aliphatic carbocycles. The molecule has 0 spiro atoms. The second-order valence-corrected chi connectivity index (χ2v) is 8.05. The zero-order valence-electron chi connectivity index (χ0n) is 11.0. The van der Waals surface area contributed by atoms with Gasteiger partial charge in [0.15, 0.2) is 0 Å². The van der Waals surface area contributed by atoms with E-state index in [0.717, 1.165) is 19.3 Å². The molecule has 2 saturated carbocycles. The maximum Gasteiger partial charge on any atom is 0.227 e. The molecule has 2 fully saturated rings. The number of thioether (sulfide) groups is 1. The van der Waals surface area contributed by atoms with E-state index < -0.39 is 5.60 Å². The monoisotopic (exact) mass is 335 g/mol. The number of rotatable bonds is 5. The average Bonchev–Trinajstić information content (AvgIpc) is 2.84. The van der Waals surface area contributed by atoms with E-state index in [1.54, 1.807) is 18.7 Å². The number of amides is 1. The van der Waals surface area contributed by atoms with Crippen LogP contribution in [0.4, 0.5) is 0 Å². The maximum atomic E-state index is 12.4. The molecule has 0 aromatic heterocycles. The summed E-state index contributed by atoms with van der Waals surface area (Å²) in [5, 5.41) is 13.1. The highest BCUT2D eigenvalue weighted by atomic mass is 79.9. The third kappa shape index (κ3) is 2.73. The van der Waals surface area contributed by atoms with Crippen molar-refractivity contribution in [2.45, 2.75) is 43.0 Å². The van der Waals surface area contributed by atoms with Crippen molar-refractivity contribution in [1.29, 1.82) is 0 Å². The van der Waals surface area contributed by atoms with Crippen LogP contribution in [0.1, 0.15) is 32.6 Å². The van der Waals surface area contributed by atoms with Gasteiger partial charge in [-0.05, 0) is 44.8 Å². The fourth-order valence-corrected chi connectivity index (χ4v) is 5.22. The van der Waals surface area contributed by atoms with Gasteiger partial charge in [-0.3, -0.25) is 4.79 Å². The number of nitrogens with one attached hydrogen (secondary N) is 1. The quantitative estimate of drug-likeness (QED) is 0.757. The van der Waals surface area contributed by atoms with E-state index >= 15 is 0 Å². The van der Waals surface area contributed by atoms with E-state index in [9.17, 15) is 9.90 Å². The Morgan fingerprint density at radius 2 is 2.39 bits per heavy atom. The van der Waals surface area contributed by atoms with Gasteiger partial charge < -0.3 is 10.4 Å². The Labute approximate surface area is 122 Å². The van der Waals surface area contributed by atoms with Crippen molar-refractivity contribution >= 4 is 33.6 Å². The second-order valence-electron chi connectivity index (χ2n) is 6.08. The molecule has 0 unspecified atom stereocenters. The molecule has 0 heterocycles. The lowest BCUT2D eigenvalue weighted by Crippen LogP contribution is -2.49. The van der Waals surface area contributed by atoms with Crippen LogP contribution in [-0.2, 0) is 4.79 Å². The number of carbonyl (C=O) groups is 1. The summed E-state index contributed by atoms with van der Waals surface area (Å²) in [6.45, 7) is 2.12. The highest BCUT2D eigenvalue weighted by Gasteiger charge is 2.55. The lowest BCUT2D eigenvalue weighted by Gasteiger charge is -2.32. The highest BCUT2D eigenvalue weighted by molar-refractivity contribution is 9.09. The van der Waals surface area contributed by atoms with Gasteiger partial charge in [0.25, 0.3) is 0 Å². The molecule has 5 heteroatoms. The third-order valence-electron chi connectivity index (χ3n) is 4.33. The van der Waals surface area contributed by atoms with Gasteiger partial charge in [-0.25, -0.2) is 0 Å². The Balaban J connectivity index is 1.92. The van der Waals surface area contributed by atoms with Gasteiger partial charge in [0.05, 0.1) is 11.0 Å². The van der Waals surface area contributed by atoms with Gasteiger partial charge in [-0.1, -0.05) is 15.9 Å². The Kier molecular flexibility index (Phi) is 4.34. The molecule has 4 atom stereocenters. The van der Waals surface area contributed by atoms with Crippen LogP contribution in [0.5, 0.6) is 0 Å². The summed E-state index contributed by atoms with van der Waals surface area (Å²) in [7, 11) is 0. The SMILES string of the molecule is CSC[C@](C)(O)CNC(=O)[C@@]12CC[C@@H](C[C@H]1Br)C2. The minimum atomic E-state index is -0.815. The lowest BCUT2D eigenvalue weighted by molar-refractivity contribution is -0.131. The van der Waals surface area contributed by atoms with E-state index in [1.807, 2.05) is 6.26 Å². The molecule has 0 saturated heterocycles. The molecule has 0 aromatic carbocycles. The van der Waals surface area contributed by atoms with Gasteiger partial charge in [0.2, 0.25) is 5.91 Å². The smallest absolute Gasteiger partial charge is 0.227 e. The molecular formula is C13H22BrNO2S. The van der Waals surface area contributed by atoms with Crippen molar-refractivity contribution in [2.24, 2.45) is 11.3 Å². The van der Waals surface area contributed by atoms with Crippen molar-refractivity contribution < 1.29 is 9.90 Å². The van der Waals surface area contributed by atoms with Gasteiger partial charge >= 0.3 is 0 Å². The molecule has 104 valence electrons. The maximum absolute atomic E-state index is 12.4. The largest absolute Gasteiger partial charge is 0.387 e. The van der Waals surface area contributed by atoms with Crippen molar-refractivity contribution in [3.63, 3.8) is 0 Å². The van der Waals surface area contributed by atoms with Gasteiger partial charge in [-0.15, -0.1) is 0 Å². The number of carbonyl (C=O) groups excluding carboxylic acids is 1. The summed E-state index contributed by atoms with van der Waals surface area (Å²) >= 11 is 5.27. The van der Waals surface area contributed by atoms with Crippen LogP contribution in [0.2, 0.25) is 0 Å². The summed E-state index contributed by atoms with van der Waals surface area (Å²) in [4.78, 5) is 12.7. The van der Waals surface area contributed by atoms with E-state index in [4.69, 9.17) is 0 Å². The minimum Gasteiger partial charge on any atom is -0.387 e. The number of alkyl halides is 1. The zero-order valence-corrected chi connectivity index (χ0v) is 13.4. The third-order valence-corrected chi connectivity index (χ3v) is 6.49. The van der Waals surface area contributed by atoms with Crippen molar-refractivity contribution in [2.75, 3.05) is 18.6 Å². The first-order chi connectivity index (χ1) is 8.39. The Bertz CT molecular complexity index is 337. The number of halogens is 1. The predicted octanol–water partition coefficient (Wildman–Crippen LogP) is 2.17. The fraction of sp³-hybridized carbons (Fsp3) is 0.923. The molecule has 2 aliphatic rings. The summed E-state index contributed by atoms with van der Waals surface area (Å²) in [6, 6.07) is 0. The van der Waals surface area contributed by atoms with E-state index in [1.165, 1.54) is 6.42 Å². The number of hydrogen-bond donors (Lipinski definition) is 2. The molecular weight excluding hydrogens is 314 g/mol. The molecule has 2 bridgehead atoms. The summed E-state index contributed by atoms with van der Waals surface area (Å²) < 4.78 is 0. The molecule has 2 N–H and O–H groups in total. The predicted molar refractivity (Wildman–Crippen MR) is 79.1 cm³/mol. The normalized spacial score (nSPS) is 37.6. The highest BCUT2D eigenvalue weighted by Crippen LogP contribution is 2.57. The minimum absolute atomic E-state index is 0.130. The van der Waals surface area contributed by atoms with Crippen molar-refractivity contribution in [3.05, 3.63) is 0 Å². The summed E-state index contributed by atoms with van der Waals surface area (Å²) in [5.74, 6) is 1.48. The Hall–Kier alpha value is 0.260. The Morgan fingerprint density at radius 1 is 1.67 bits per heavy atom. The lowest BCUT2D eigenvalue weighted by atomic mass is 9.83. The summed E-state index contributed by atoms with van der Waals surface area (Å²) in [6.07, 6.45) is 6.26. The van der Waals surface area contributed by atoms with Crippen LogP contribution >= 0.6 is 27.7 Å². The van der Waals surface area contributed by atoms with E-state index in [-0.39, 0.29) is 11.3 Å². The van der Waals surface area contributed by atoms with E-state index in [0.29, 0.717) is 23.0 Å². The molecule has 2 rings (SSSR count). The van der Waals surface area contributed by atoms with Crippen LogP contribution in [0.15, 0.2) is 0 Å².